The average Bonchev–Trinajstić information content (AvgIpc) is 2.69. The summed E-state index contributed by atoms with van der Waals surface area (Å²) < 4.78 is 0. The standard InChI is InChI=1S/C12H13N/c1-2-5-11(4-1)7-8-12-6-3-9-13-10-12/h1-4,6,9-10H,5,7-8H2. The number of rotatable bonds is 3. The van der Waals surface area contributed by atoms with E-state index in [2.05, 4.69) is 29.3 Å². The molecule has 0 unspecified atom stereocenters. The van der Waals surface area contributed by atoms with Crippen molar-refractivity contribution in [1.29, 1.82) is 0 Å². The summed E-state index contributed by atoms with van der Waals surface area (Å²) in [6, 6.07) is 4.13. The second-order valence-electron chi connectivity index (χ2n) is 3.32. The van der Waals surface area contributed by atoms with Gasteiger partial charge in [0, 0.05) is 12.4 Å². The van der Waals surface area contributed by atoms with Crippen LogP contribution in [0.2, 0.25) is 0 Å². The number of hydrogen-bond acceptors (Lipinski definition) is 1. The van der Waals surface area contributed by atoms with E-state index in [1.54, 1.807) is 0 Å². The van der Waals surface area contributed by atoms with Crippen LogP contribution in [0.3, 0.4) is 0 Å². The molecule has 0 fully saturated rings. The van der Waals surface area contributed by atoms with Gasteiger partial charge in [-0.3, -0.25) is 4.98 Å². The van der Waals surface area contributed by atoms with Crippen LogP contribution in [0.4, 0.5) is 0 Å². The average molecular weight is 171 g/mol. The maximum absolute atomic E-state index is 4.09. The molecule has 1 aromatic rings. The summed E-state index contributed by atoms with van der Waals surface area (Å²) in [5.74, 6) is 0. The van der Waals surface area contributed by atoms with Gasteiger partial charge in [-0.1, -0.05) is 29.9 Å². The van der Waals surface area contributed by atoms with Gasteiger partial charge in [-0.25, -0.2) is 0 Å². The Morgan fingerprint density at radius 1 is 1.31 bits per heavy atom. The predicted molar refractivity (Wildman–Crippen MR) is 54.4 cm³/mol. The van der Waals surface area contributed by atoms with E-state index in [1.807, 2.05) is 18.5 Å². The summed E-state index contributed by atoms with van der Waals surface area (Å²) in [5, 5.41) is 0. The SMILES string of the molecule is C1=CCC(CCc2cccnc2)=C1. The largest absolute Gasteiger partial charge is 0.264 e. The van der Waals surface area contributed by atoms with Crippen molar-refractivity contribution in [2.45, 2.75) is 19.3 Å². The number of allylic oxidation sites excluding steroid dienone is 4. The van der Waals surface area contributed by atoms with Crippen molar-refractivity contribution in [2.24, 2.45) is 0 Å². The first-order valence-electron chi connectivity index (χ1n) is 4.68. The van der Waals surface area contributed by atoms with Crippen LogP contribution in [0, 0.1) is 0 Å². The van der Waals surface area contributed by atoms with Crippen LogP contribution in [-0.4, -0.2) is 4.98 Å². The molecule has 0 bridgehead atoms. The lowest BCUT2D eigenvalue weighted by molar-refractivity contribution is 0.912. The lowest BCUT2D eigenvalue weighted by Crippen LogP contribution is -1.87. The highest BCUT2D eigenvalue weighted by atomic mass is 14.6. The molecular formula is C12H13N. The van der Waals surface area contributed by atoms with Crippen LogP contribution in [0.15, 0.2) is 48.3 Å². The Hall–Kier alpha value is -1.37. The van der Waals surface area contributed by atoms with E-state index in [9.17, 15) is 0 Å². The molecule has 1 heteroatoms. The van der Waals surface area contributed by atoms with Crippen molar-refractivity contribution in [3.8, 4) is 0 Å². The second kappa shape index (κ2) is 4.04. The Morgan fingerprint density at radius 3 is 3.00 bits per heavy atom. The van der Waals surface area contributed by atoms with Crippen molar-refractivity contribution in [3.05, 3.63) is 53.9 Å². The number of aromatic nitrogens is 1. The van der Waals surface area contributed by atoms with Crippen LogP contribution in [0.25, 0.3) is 0 Å². The Kier molecular flexibility index (Phi) is 2.56. The topological polar surface area (TPSA) is 12.9 Å². The van der Waals surface area contributed by atoms with E-state index < -0.39 is 0 Å². The van der Waals surface area contributed by atoms with Gasteiger partial charge in [0.25, 0.3) is 0 Å². The number of aryl methyl sites for hydroxylation is 1. The minimum Gasteiger partial charge on any atom is -0.264 e. The van der Waals surface area contributed by atoms with Gasteiger partial charge in [0.05, 0.1) is 0 Å². The molecule has 2 rings (SSSR count). The maximum Gasteiger partial charge on any atom is 0.0299 e. The monoisotopic (exact) mass is 171 g/mol. The Bertz CT molecular complexity index is 322. The molecule has 0 aromatic carbocycles. The van der Waals surface area contributed by atoms with Gasteiger partial charge < -0.3 is 0 Å². The number of hydrogen-bond donors (Lipinski definition) is 0. The molecule has 66 valence electrons. The fraction of sp³-hybridized carbons (Fsp3) is 0.250. The van der Waals surface area contributed by atoms with Gasteiger partial charge >= 0.3 is 0 Å². The van der Waals surface area contributed by atoms with E-state index in [1.165, 1.54) is 17.6 Å². The van der Waals surface area contributed by atoms with E-state index in [0.29, 0.717) is 0 Å². The molecule has 0 amide bonds. The van der Waals surface area contributed by atoms with Crippen LogP contribution >= 0.6 is 0 Å². The van der Waals surface area contributed by atoms with Crippen LogP contribution in [0.1, 0.15) is 18.4 Å². The van der Waals surface area contributed by atoms with Crippen LogP contribution < -0.4 is 0 Å². The zero-order valence-electron chi connectivity index (χ0n) is 7.61. The van der Waals surface area contributed by atoms with Gasteiger partial charge in [0.1, 0.15) is 0 Å². The first-order chi connectivity index (χ1) is 6.45. The normalized spacial score (nSPS) is 14.6. The summed E-state index contributed by atoms with van der Waals surface area (Å²) in [5.41, 5.74) is 2.86. The smallest absolute Gasteiger partial charge is 0.0299 e. The third-order valence-electron chi connectivity index (χ3n) is 2.31. The molecular weight excluding hydrogens is 158 g/mol. The molecule has 1 heterocycles. The van der Waals surface area contributed by atoms with E-state index in [-0.39, 0.29) is 0 Å². The molecule has 1 nitrogen and oxygen atoms in total. The fourth-order valence-corrected chi connectivity index (χ4v) is 1.53. The summed E-state index contributed by atoms with van der Waals surface area (Å²) in [6.07, 6.45) is 13.7. The molecule has 0 N–H and O–H groups in total. The third kappa shape index (κ3) is 2.28. The molecule has 1 aromatic heterocycles. The summed E-state index contributed by atoms with van der Waals surface area (Å²) in [6.45, 7) is 0. The van der Waals surface area contributed by atoms with E-state index in [0.717, 1.165) is 12.8 Å². The van der Waals surface area contributed by atoms with Crippen molar-refractivity contribution >= 4 is 0 Å². The van der Waals surface area contributed by atoms with Crippen LogP contribution in [0.5, 0.6) is 0 Å². The third-order valence-corrected chi connectivity index (χ3v) is 2.31. The van der Waals surface area contributed by atoms with E-state index in [4.69, 9.17) is 0 Å². The lowest BCUT2D eigenvalue weighted by Gasteiger charge is -2.01. The molecule has 13 heavy (non-hydrogen) atoms. The Labute approximate surface area is 78.8 Å². The van der Waals surface area contributed by atoms with Crippen molar-refractivity contribution < 1.29 is 0 Å². The van der Waals surface area contributed by atoms with Gasteiger partial charge in [-0.05, 0) is 30.9 Å². The highest BCUT2D eigenvalue weighted by molar-refractivity contribution is 5.24. The quantitative estimate of drug-likeness (QED) is 0.681. The van der Waals surface area contributed by atoms with Crippen molar-refractivity contribution in [3.63, 3.8) is 0 Å². The molecule has 0 atom stereocenters. The van der Waals surface area contributed by atoms with Gasteiger partial charge in [-0.15, -0.1) is 0 Å². The summed E-state index contributed by atoms with van der Waals surface area (Å²) in [7, 11) is 0. The van der Waals surface area contributed by atoms with Gasteiger partial charge in [0.15, 0.2) is 0 Å². The molecule has 0 saturated carbocycles. The molecule has 0 radical (unpaired) electrons. The molecule has 1 aliphatic carbocycles. The fourth-order valence-electron chi connectivity index (χ4n) is 1.53. The minimum atomic E-state index is 1.11. The first-order valence-corrected chi connectivity index (χ1v) is 4.68. The Balaban J connectivity index is 1.87. The maximum atomic E-state index is 4.09. The zero-order valence-corrected chi connectivity index (χ0v) is 7.61. The van der Waals surface area contributed by atoms with Crippen molar-refractivity contribution in [2.75, 3.05) is 0 Å². The highest BCUT2D eigenvalue weighted by Gasteiger charge is 1.99. The Morgan fingerprint density at radius 2 is 2.31 bits per heavy atom. The van der Waals surface area contributed by atoms with Gasteiger partial charge in [-0.2, -0.15) is 0 Å². The number of nitrogens with zero attached hydrogens (tertiary/aromatic N) is 1. The van der Waals surface area contributed by atoms with E-state index >= 15 is 0 Å². The summed E-state index contributed by atoms with van der Waals surface area (Å²) in [4.78, 5) is 4.09. The van der Waals surface area contributed by atoms with Crippen LogP contribution in [-0.2, 0) is 6.42 Å². The molecule has 0 aliphatic heterocycles. The minimum absolute atomic E-state index is 1.11. The second-order valence-corrected chi connectivity index (χ2v) is 3.32. The van der Waals surface area contributed by atoms with Crippen molar-refractivity contribution in [1.82, 2.24) is 4.98 Å². The molecule has 1 aliphatic rings. The lowest BCUT2D eigenvalue weighted by atomic mass is 10.1. The van der Waals surface area contributed by atoms with Gasteiger partial charge in [0.2, 0.25) is 0 Å². The molecule has 0 spiro atoms. The summed E-state index contributed by atoms with van der Waals surface area (Å²) >= 11 is 0. The zero-order chi connectivity index (χ0) is 8.93. The number of pyridine rings is 1. The molecule has 0 saturated heterocycles. The predicted octanol–water partition coefficient (Wildman–Crippen LogP) is 2.90. The first kappa shape index (κ1) is 8.24. The highest BCUT2D eigenvalue weighted by Crippen LogP contribution is 2.16.